The van der Waals surface area contributed by atoms with Gasteiger partial charge in [0.1, 0.15) is 5.65 Å². The second-order valence-corrected chi connectivity index (χ2v) is 12.3. The molecule has 0 amide bonds. The van der Waals surface area contributed by atoms with E-state index in [0.29, 0.717) is 12.3 Å². The van der Waals surface area contributed by atoms with Crippen LogP contribution in [0.15, 0.2) is 47.5 Å². The fourth-order valence-electron chi connectivity index (χ4n) is 4.25. The summed E-state index contributed by atoms with van der Waals surface area (Å²) in [6.07, 6.45) is 5.88. The number of aromatic nitrogens is 2. The Hall–Kier alpha value is -1.91. The summed E-state index contributed by atoms with van der Waals surface area (Å²) >= 11 is 0. The smallest absolute Gasteiger partial charge is 0.240 e. The van der Waals surface area contributed by atoms with Crippen molar-refractivity contribution in [3.63, 3.8) is 0 Å². The zero-order valence-corrected chi connectivity index (χ0v) is 18.0. The highest BCUT2D eigenvalue weighted by Crippen LogP contribution is 2.46. The minimum absolute atomic E-state index is 0.0795. The first-order valence-electron chi connectivity index (χ1n) is 10.1. The predicted octanol–water partition coefficient (Wildman–Crippen LogP) is 4.30. The molecule has 7 nitrogen and oxygen atoms in total. The molecule has 1 unspecified atom stereocenters. The molecule has 5 rings (SSSR count). The zero-order chi connectivity index (χ0) is 20.9. The van der Waals surface area contributed by atoms with Gasteiger partial charge in [0.15, 0.2) is 0 Å². The van der Waals surface area contributed by atoms with Gasteiger partial charge >= 0.3 is 0 Å². The van der Waals surface area contributed by atoms with Crippen LogP contribution in [0.1, 0.15) is 37.3 Å². The summed E-state index contributed by atoms with van der Waals surface area (Å²) in [4.78, 5) is 8.06. The predicted molar refractivity (Wildman–Crippen MR) is 119 cm³/mol. The van der Waals surface area contributed by atoms with E-state index in [1.165, 1.54) is 25.0 Å². The molecule has 1 atom stereocenters. The number of hydrogen-bond acceptors (Lipinski definition) is 5. The van der Waals surface area contributed by atoms with E-state index in [4.69, 9.17) is 0 Å². The lowest BCUT2D eigenvalue weighted by atomic mass is 9.83. The topological polar surface area (TPSA) is 115 Å². The lowest BCUT2D eigenvalue weighted by Gasteiger charge is -2.26. The fraction of sp³-hybridized carbons (Fsp3) is 0.381. The molecule has 3 heterocycles. The number of nitrogens with zero attached hydrogens (tertiary/aromatic N) is 1. The second-order valence-electron chi connectivity index (χ2n) is 8.28. The Kier molecular flexibility index (Phi) is 4.90. The molecule has 1 aromatic carbocycles. The third-order valence-corrected chi connectivity index (χ3v) is 9.52. The molecular formula is C21H25N3O4S2. The zero-order valence-electron chi connectivity index (χ0n) is 16.4. The Bertz CT molecular complexity index is 1180. The molecule has 160 valence electrons. The number of nitrogens with one attached hydrogen (secondary N) is 2. The lowest BCUT2D eigenvalue weighted by molar-refractivity contribution is 0.413. The van der Waals surface area contributed by atoms with E-state index in [2.05, 4.69) is 20.8 Å². The van der Waals surface area contributed by atoms with Crippen LogP contribution in [0.5, 0.6) is 0 Å². The first-order valence-corrected chi connectivity index (χ1v) is 13.5. The van der Waals surface area contributed by atoms with Gasteiger partial charge in [0, 0.05) is 29.1 Å². The van der Waals surface area contributed by atoms with Crippen LogP contribution in [0.4, 0.5) is 0 Å². The van der Waals surface area contributed by atoms with E-state index in [-0.39, 0.29) is 16.4 Å². The Morgan fingerprint density at radius 2 is 1.87 bits per heavy atom. The van der Waals surface area contributed by atoms with Crippen LogP contribution >= 0.6 is 10.6 Å². The van der Waals surface area contributed by atoms with Crippen molar-refractivity contribution in [1.29, 1.82) is 0 Å². The van der Waals surface area contributed by atoms with Crippen LogP contribution in [-0.4, -0.2) is 45.0 Å². The molecule has 1 saturated carbocycles. The quantitative estimate of drug-likeness (QED) is 0.465. The number of aromatic amines is 1. The van der Waals surface area contributed by atoms with Gasteiger partial charge in [-0.1, -0.05) is 18.6 Å². The maximum atomic E-state index is 12.7. The molecule has 0 spiro atoms. The van der Waals surface area contributed by atoms with Crippen molar-refractivity contribution in [2.75, 3.05) is 11.5 Å². The summed E-state index contributed by atoms with van der Waals surface area (Å²) < 4.78 is 47.5. The van der Waals surface area contributed by atoms with Crippen LogP contribution in [0.25, 0.3) is 22.2 Å². The first-order chi connectivity index (χ1) is 14.3. The summed E-state index contributed by atoms with van der Waals surface area (Å²) in [6, 6.07) is 10.5. The summed E-state index contributed by atoms with van der Waals surface area (Å²) in [5, 5.41) is 1.05. The van der Waals surface area contributed by atoms with Gasteiger partial charge in [-0.2, -0.15) is 10.6 Å². The fourth-order valence-corrected chi connectivity index (χ4v) is 7.35. The van der Waals surface area contributed by atoms with Crippen LogP contribution < -0.4 is 4.72 Å². The molecule has 1 aliphatic carbocycles. The number of benzene rings is 1. The molecule has 2 aromatic heterocycles. The minimum Gasteiger partial charge on any atom is -0.343 e. The minimum atomic E-state index is -3.72. The molecule has 30 heavy (non-hydrogen) atoms. The van der Waals surface area contributed by atoms with Crippen molar-refractivity contribution in [3.05, 3.63) is 48.3 Å². The number of H-pyrrole nitrogens is 1. The van der Waals surface area contributed by atoms with E-state index in [9.17, 15) is 17.5 Å². The standard InChI is InChI=1S/C21H25N3O4S2/c25-29(26)11-9-16(13-29)24-30(27,28)17-6-4-14(5-7-17)18-8-10-22-21-19(18)12-20(23-21)15-2-1-3-15/h4-8,10,12,15-16,24-26H,1-3,9,11,13H2,(H,22,23). The van der Waals surface area contributed by atoms with Crippen molar-refractivity contribution < 1.29 is 17.5 Å². The molecule has 4 N–H and O–H groups in total. The number of sulfonamides is 1. The van der Waals surface area contributed by atoms with Crippen molar-refractivity contribution >= 4 is 31.6 Å². The second kappa shape index (κ2) is 7.35. The maximum absolute atomic E-state index is 12.7. The van der Waals surface area contributed by atoms with Crippen LogP contribution in [0.3, 0.4) is 0 Å². The molecule has 1 aliphatic heterocycles. The highest BCUT2D eigenvalue weighted by atomic mass is 32.3. The van der Waals surface area contributed by atoms with Crippen LogP contribution in [-0.2, 0) is 10.0 Å². The summed E-state index contributed by atoms with van der Waals surface area (Å²) in [5.41, 5.74) is 4.02. The molecule has 9 heteroatoms. The molecule has 1 saturated heterocycles. The Morgan fingerprint density at radius 1 is 1.10 bits per heavy atom. The Balaban J connectivity index is 1.40. The van der Waals surface area contributed by atoms with Gasteiger partial charge in [-0.15, -0.1) is 0 Å². The number of fused-ring (bicyclic) bond motifs is 1. The average Bonchev–Trinajstić information content (AvgIpc) is 3.22. The van der Waals surface area contributed by atoms with Crippen molar-refractivity contribution in [1.82, 2.24) is 14.7 Å². The largest absolute Gasteiger partial charge is 0.343 e. The summed E-state index contributed by atoms with van der Waals surface area (Å²) in [6.45, 7) is 0. The monoisotopic (exact) mass is 447 g/mol. The number of rotatable bonds is 5. The highest BCUT2D eigenvalue weighted by Gasteiger charge is 2.31. The van der Waals surface area contributed by atoms with E-state index >= 15 is 0 Å². The van der Waals surface area contributed by atoms with Crippen molar-refractivity contribution in [2.45, 2.75) is 42.5 Å². The summed E-state index contributed by atoms with van der Waals surface area (Å²) in [5.74, 6) is 0.909. The van der Waals surface area contributed by atoms with Gasteiger partial charge in [0.25, 0.3) is 0 Å². The van der Waals surface area contributed by atoms with Crippen LogP contribution in [0.2, 0.25) is 0 Å². The molecule has 3 aromatic rings. The van der Waals surface area contributed by atoms with Crippen LogP contribution in [0, 0.1) is 0 Å². The van der Waals surface area contributed by atoms with Gasteiger partial charge in [0.2, 0.25) is 10.0 Å². The van der Waals surface area contributed by atoms with Crippen molar-refractivity contribution in [3.8, 4) is 11.1 Å². The maximum Gasteiger partial charge on any atom is 0.240 e. The van der Waals surface area contributed by atoms with Gasteiger partial charge < -0.3 is 4.98 Å². The molecule has 0 bridgehead atoms. The molecule has 2 aliphatic rings. The van der Waals surface area contributed by atoms with Gasteiger partial charge in [0.05, 0.1) is 10.6 Å². The Labute approximate surface area is 177 Å². The number of hydrogen-bond donors (Lipinski definition) is 4. The normalized spacial score (nSPS) is 22.8. The third kappa shape index (κ3) is 3.76. The average molecular weight is 448 g/mol. The van der Waals surface area contributed by atoms with E-state index < -0.39 is 26.7 Å². The molecule has 0 radical (unpaired) electrons. The lowest BCUT2D eigenvalue weighted by Crippen LogP contribution is -2.35. The SMILES string of the molecule is O=S(=O)(NC1CCS(O)(O)C1)c1ccc(-c2ccnc3[nH]c(C4CCC4)cc23)cc1. The molecule has 2 fully saturated rings. The van der Waals surface area contributed by atoms with E-state index in [1.54, 1.807) is 18.3 Å². The summed E-state index contributed by atoms with van der Waals surface area (Å²) in [7, 11) is -6.37. The number of pyridine rings is 1. The van der Waals surface area contributed by atoms with E-state index in [0.717, 1.165) is 22.2 Å². The van der Waals surface area contributed by atoms with Gasteiger partial charge in [-0.3, -0.25) is 9.11 Å². The third-order valence-electron chi connectivity index (χ3n) is 6.16. The van der Waals surface area contributed by atoms with Crippen molar-refractivity contribution in [2.24, 2.45) is 0 Å². The highest BCUT2D eigenvalue weighted by molar-refractivity contribution is 8.24. The van der Waals surface area contributed by atoms with E-state index in [1.807, 2.05) is 18.2 Å². The Morgan fingerprint density at radius 3 is 2.50 bits per heavy atom. The first kappa shape index (κ1) is 20.0. The molecular weight excluding hydrogens is 422 g/mol. The van der Waals surface area contributed by atoms with Gasteiger partial charge in [-0.25, -0.2) is 18.1 Å². The van der Waals surface area contributed by atoms with Gasteiger partial charge in [-0.05, 0) is 60.6 Å².